The molecule has 0 aliphatic rings. The van der Waals surface area contributed by atoms with Crippen molar-refractivity contribution >= 4 is 29.4 Å². The topological polar surface area (TPSA) is 70.2 Å². The lowest BCUT2D eigenvalue weighted by Crippen LogP contribution is -2.48. The van der Waals surface area contributed by atoms with E-state index in [1.807, 2.05) is 44.4 Å². The molecule has 0 spiro atoms. The number of rotatable bonds is 6. The molecule has 0 heterocycles. The first-order valence-electron chi connectivity index (χ1n) is 6.98. The van der Waals surface area contributed by atoms with Gasteiger partial charge in [-0.15, -0.1) is 11.8 Å². The quantitative estimate of drug-likeness (QED) is 0.708. The number of amides is 3. The maximum atomic E-state index is 11.9. The van der Waals surface area contributed by atoms with E-state index in [1.54, 1.807) is 18.7 Å². The molecule has 6 heteroatoms. The highest BCUT2D eigenvalue weighted by Gasteiger charge is 2.17. The van der Waals surface area contributed by atoms with E-state index in [0.717, 1.165) is 17.0 Å². The minimum Gasteiger partial charge on any atom is -0.352 e. The molecule has 0 unspecified atom stereocenters. The molecule has 1 aromatic rings. The average molecular weight is 309 g/mol. The Labute approximate surface area is 130 Å². The summed E-state index contributed by atoms with van der Waals surface area (Å²) < 4.78 is 0. The predicted molar refractivity (Wildman–Crippen MR) is 87.7 cm³/mol. The van der Waals surface area contributed by atoms with E-state index in [2.05, 4.69) is 16.0 Å². The molecule has 0 saturated carbocycles. The lowest BCUT2D eigenvalue weighted by Gasteiger charge is -2.18. The van der Waals surface area contributed by atoms with Gasteiger partial charge in [-0.05, 0) is 38.7 Å². The fraction of sp³-hybridized carbons (Fsp3) is 0.467. The molecule has 116 valence electrons. The summed E-state index contributed by atoms with van der Waals surface area (Å²) in [6.07, 6.45) is 2.80. The number of urea groups is 1. The van der Waals surface area contributed by atoms with Gasteiger partial charge in [0, 0.05) is 10.9 Å². The van der Waals surface area contributed by atoms with Crippen molar-refractivity contribution < 1.29 is 9.59 Å². The smallest absolute Gasteiger partial charge is 0.319 e. The van der Waals surface area contributed by atoms with E-state index in [-0.39, 0.29) is 18.0 Å². The molecule has 5 nitrogen and oxygen atoms in total. The highest BCUT2D eigenvalue weighted by atomic mass is 32.2. The molecule has 0 aliphatic heterocycles. The number of hydrogen-bond acceptors (Lipinski definition) is 3. The molecule has 1 aromatic carbocycles. The number of thioether (sulfide) groups is 1. The Hall–Kier alpha value is -1.69. The van der Waals surface area contributed by atoms with Crippen LogP contribution in [-0.4, -0.2) is 30.3 Å². The van der Waals surface area contributed by atoms with Gasteiger partial charge in [0.05, 0.1) is 5.69 Å². The third-order valence-corrected chi connectivity index (χ3v) is 3.89. The lowest BCUT2D eigenvalue weighted by atomic mass is 10.2. The molecule has 0 aliphatic carbocycles. The molecule has 3 amide bonds. The van der Waals surface area contributed by atoms with Crippen molar-refractivity contribution in [3.63, 3.8) is 0 Å². The van der Waals surface area contributed by atoms with Gasteiger partial charge in [-0.3, -0.25) is 4.79 Å². The Morgan fingerprint density at radius 2 is 1.86 bits per heavy atom. The largest absolute Gasteiger partial charge is 0.352 e. The van der Waals surface area contributed by atoms with Gasteiger partial charge >= 0.3 is 6.03 Å². The third-order valence-electron chi connectivity index (χ3n) is 3.10. The molecule has 0 saturated heterocycles. The molecule has 0 aromatic heterocycles. The second-order valence-electron chi connectivity index (χ2n) is 4.84. The average Bonchev–Trinajstić information content (AvgIpc) is 2.47. The van der Waals surface area contributed by atoms with Crippen LogP contribution in [0.3, 0.4) is 0 Å². The molecule has 0 bridgehead atoms. The Morgan fingerprint density at radius 3 is 2.48 bits per heavy atom. The van der Waals surface area contributed by atoms with Gasteiger partial charge < -0.3 is 16.0 Å². The van der Waals surface area contributed by atoms with E-state index >= 15 is 0 Å². The molecule has 0 radical (unpaired) electrons. The van der Waals surface area contributed by atoms with Crippen LogP contribution in [0.15, 0.2) is 29.2 Å². The molecule has 0 fully saturated rings. The number of carbonyl (C=O) groups excluding carboxylic acids is 2. The van der Waals surface area contributed by atoms with Crippen molar-refractivity contribution in [2.75, 3.05) is 11.6 Å². The first kappa shape index (κ1) is 17.4. The molecule has 1 rings (SSSR count). The summed E-state index contributed by atoms with van der Waals surface area (Å²) in [6.45, 7) is 5.59. The van der Waals surface area contributed by atoms with Crippen LogP contribution in [0.4, 0.5) is 10.5 Å². The number of para-hydroxylation sites is 1. The summed E-state index contributed by atoms with van der Waals surface area (Å²) in [5, 5.41) is 8.24. The zero-order valence-electron chi connectivity index (χ0n) is 12.9. The summed E-state index contributed by atoms with van der Waals surface area (Å²) in [6, 6.07) is 6.66. The number of carbonyl (C=O) groups is 2. The van der Waals surface area contributed by atoms with Crippen molar-refractivity contribution in [3.8, 4) is 0 Å². The zero-order chi connectivity index (χ0) is 15.8. The van der Waals surface area contributed by atoms with E-state index in [9.17, 15) is 9.59 Å². The maximum absolute atomic E-state index is 11.9. The van der Waals surface area contributed by atoms with Crippen molar-refractivity contribution in [3.05, 3.63) is 24.3 Å². The van der Waals surface area contributed by atoms with Gasteiger partial charge in [-0.1, -0.05) is 19.1 Å². The van der Waals surface area contributed by atoms with Gasteiger partial charge in [0.1, 0.15) is 6.04 Å². The fourth-order valence-electron chi connectivity index (χ4n) is 1.64. The second kappa shape index (κ2) is 8.56. The zero-order valence-corrected chi connectivity index (χ0v) is 13.7. The number of hydrogen-bond donors (Lipinski definition) is 3. The van der Waals surface area contributed by atoms with E-state index < -0.39 is 6.04 Å². The van der Waals surface area contributed by atoms with Gasteiger partial charge in [0.2, 0.25) is 5.91 Å². The van der Waals surface area contributed by atoms with Crippen LogP contribution in [0, 0.1) is 0 Å². The van der Waals surface area contributed by atoms with Crippen LogP contribution in [0.5, 0.6) is 0 Å². The highest BCUT2D eigenvalue weighted by Crippen LogP contribution is 2.24. The number of nitrogens with one attached hydrogen (secondary N) is 3. The molecule has 3 N–H and O–H groups in total. The van der Waals surface area contributed by atoms with Gasteiger partial charge in [-0.2, -0.15) is 0 Å². The molecular formula is C15H23N3O2S. The third kappa shape index (κ3) is 5.67. The van der Waals surface area contributed by atoms with E-state index in [0.29, 0.717) is 0 Å². The summed E-state index contributed by atoms with van der Waals surface area (Å²) in [5.41, 5.74) is 0.733. The second-order valence-corrected chi connectivity index (χ2v) is 5.69. The number of anilines is 1. The van der Waals surface area contributed by atoms with Crippen molar-refractivity contribution in [1.29, 1.82) is 0 Å². The van der Waals surface area contributed by atoms with Crippen molar-refractivity contribution in [2.45, 2.75) is 44.2 Å². The summed E-state index contributed by atoms with van der Waals surface area (Å²) >= 11 is 1.55. The van der Waals surface area contributed by atoms with Crippen LogP contribution < -0.4 is 16.0 Å². The van der Waals surface area contributed by atoms with E-state index in [1.165, 1.54) is 0 Å². The lowest BCUT2D eigenvalue weighted by molar-refractivity contribution is -0.123. The summed E-state index contributed by atoms with van der Waals surface area (Å²) in [5.74, 6) is -0.183. The van der Waals surface area contributed by atoms with Gasteiger partial charge in [0.15, 0.2) is 0 Å². The van der Waals surface area contributed by atoms with Crippen LogP contribution in [0.25, 0.3) is 0 Å². The standard InChI is InChI=1S/C15H23N3O2S/c1-5-10(2)16-14(19)11(3)17-15(20)18-12-8-6-7-9-13(12)21-4/h6-11H,5H2,1-4H3,(H,16,19)(H2,17,18,20)/t10-,11-/m1/s1. The summed E-state index contributed by atoms with van der Waals surface area (Å²) in [4.78, 5) is 24.8. The normalized spacial score (nSPS) is 13.1. The monoisotopic (exact) mass is 309 g/mol. The van der Waals surface area contributed by atoms with Crippen molar-refractivity contribution in [2.24, 2.45) is 0 Å². The Morgan fingerprint density at radius 1 is 1.19 bits per heavy atom. The highest BCUT2D eigenvalue weighted by molar-refractivity contribution is 7.98. The molecule has 21 heavy (non-hydrogen) atoms. The first-order valence-corrected chi connectivity index (χ1v) is 8.21. The van der Waals surface area contributed by atoms with E-state index in [4.69, 9.17) is 0 Å². The van der Waals surface area contributed by atoms with Gasteiger partial charge in [-0.25, -0.2) is 4.79 Å². The SMILES string of the molecule is CC[C@@H](C)NC(=O)[C@@H](C)NC(=O)Nc1ccccc1SC. The number of benzene rings is 1. The minimum absolute atomic E-state index is 0.0991. The minimum atomic E-state index is -0.583. The van der Waals surface area contributed by atoms with Gasteiger partial charge in [0.25, 0.3) is 0 Å². The van der Waals surface area contributed by atoms with Crippen LogP contribution in [-0.2, 0) is 4.79 Å². The Balaban J connectivity index is 2.55. The summed E-state index contributed by atoms with van der Waals surface area (Å²) in [7, 11) is 0. The van der Waals surface area contributed by atoms with Crippen LogP contribution >= 0.6 is 11.8 Å². The first-order chi connectivity index (χ1) is 9.97. The van der Waals surface area contributed by atoms with Crippen molar-refractivity contribution in [1.82, 2.24) is 10.6 Å². The Kier molecular flexibility index (Phi) is 7.08. The molecule has 2 atom stereocenters. The Bertz CT molecular complexity index is 494. The van der Waals surface area contributed by atoms with Crippen LogP contribution in [0.1, 0.15) is 27.2 Å². The fourth-order valence-corrected chi connectivity index (χ4v) is 2.19. The van der Waals surface area contributed by atoms with Crippen LogP contribution in [0.2, 0.25) is 0 Å². The predicted octanol–water partition coefficient (Wildman–Crippen LogP) is 2.83. The maximum Gasteiger partial charge on any atom is 0.319 e. The molecular weight excluding hydrogens is 286 g/mol.